The van der Waals surface area contributed by atoms with Crippen molar-refractivity contribution in [1.82, 2.24) is 5.32 Å². The number of para-hydroxylation sites is 1. The Balaban J connectivity index is 1.69. The van der Waals surface area contributed by atoms with E-state index in [1.54, 1.807) is 0 Å². The molecule has 1 aromatic heterocycles. The molecule has 0 saturated heterocycles. The Morgan fingerprint density at radius 3 is 2.73 bits per heavy atom. The molecule has 1 aliphatic heterocycles. The van der Waals surface area contributed by atoms with Crippen molar-refractivity contribution in [2.75, 3.05) is 12.9 Å². The van der Waals surface area contributed by atoms with Gasteiger partial charge in [0.1, 0.15) is 12.4 Å². The first-order chi connectivity index (χ1) is 10.4. The lowest BCUT2D eigenvalue weighted by atomic mass is 10.0. The molecule has 1 aromatic carbocycles. The molecule has 22 heavy (non-hydrogen) atoms. The number of ether oxygens (including phenoxy) is 1. The van der Waals surface area contributed by atoms with Crippen LogP contribution in [0.15, 0.2) is 45.9 Å². The standard InChI is InChI=1S/C15H15NO5S/c1-22(18,19)14-7-6-13(21-14)15(17)16-11-8-10-4-2-3-5-12(10)20-9-11/h2-7,11H,8-9H2,1H3,(H,16,17). The molecule has 1 aliphatic rings. The smallest absolute Gasteiger partial charge is 0.287 e. The zero-order valence-electron chi connectivity index (χ0n) is 11.9. The van der Waals surface area contributed by atoms with Crippen molar-refractivity contribution < 1.29 is 22.4 Å². The maximum atomic E-state index is 12.1. The third kappa shape index (κ3) is 2.99. The number of hydrogen-bond donors (Lipinski definition) is 1. The van der Waals surface area contributed by atoms with E-state index in [9.17, 15) is 13.2 Å². The Bertz CT molecular complexity index is 809. The fraction of sp³-hybridized carbons (Fsp3) is 0.267. The van der Waals surface area contributed by atoms with Crippen LogP contribution in [0.25, 0.3) is 0 Å². The van der Waals surface area contributed by atoms with E-state index in [1.165, 1.54) is 12.1 Å². The van der Waals surface area contributed by atoms with Crippen LogP contribution in [-0.2, 0) is 16.3 Å². The number of nitrogens with one attached hydrogen (secondary N) is 1. The maximum Gasteiger partial charge on any atom is 0.287 e. The zero-order valence-corrected chi connectivity index (χ0v) is 12.7. The molecule has 0 saturated carbocycles. The fourth-order valence-corrected chi connectivity index (χ4v) is 2.88. The average molecular weight is 321 g/mol. The van der Waals surface area contributed by atoms with Gasteiger partial charge in [-0.2, -0.15) is 0 Å². The number of amides is 1. The Labute approximate surface area is 128 Å². The Hall–Kier alpha value is -2.28. The van der Waals surface area contributed by atoms with Crippen LogP contribution in [0.3, 0.4) is 0 Å². The molecule has 116 valence electrons. The lowest BCUT2D eigenvalue weighted by molar-refractivity contribution is 0.0882. The van der Waals surface area contributed by atoms with Gasteiger partial charge in [-0.15, -0.1) is 0 Å². The van der Waals surface area contributed by atoms with Crippen molar-refractivity contribution in [3.8, 4) is 5.75 Å². The summed E-state index contributed by atoms with van der Waals surface area (Å²) in [4.78, 5) is 12.1. The van der Waals surface area contributed by atoms with E-state index in [1.807, 2.05) is 24.3 Å². The van der Waals surface area contributed by atoms with Crippen LogP contribution >= 0.6 is 0 Å². The number of carbonyl (C=O) groups is 1. The Morgan fingerprint density at radius 2 is 2.00 bits per heavy atom. The van der Waals surface area contributed by atoms with Gasteiger partial charge in [0.05, 0.1) is 6.04 Å². The van der Waals surface area contributed by atoms with Crippen molar-refractivity contribution >= 4 is 15.7 Å². The van der Waals surface area contributed by atoms with Gasteiger partial charge in [0.2, 0.25) is 14.9 Å². The van der Waals surface area contributed by atoms with Crippen LogP contribution in [0.4, 0.5) is 0 Å². The lowest BCUT2D eigenvalue weighted by Gasteiger charge is -2.25. The SMILES string of the molecule is CS(=O)(=O)c1ccc(C(=O)NC2COc3ccccc3C2)o1. The van der Waals surface area contributed by atoms with Crippen molar-refractivity contribution in [3.63, 3.8) is 0 Å². The van der Waals surface area contributed by atoms with Gasteiger partial charge in [-0.05, 0) is 30.2 Å². The van der Waals surface area contributed by atoms with E-state index in [0.29, 0.717) is 13.0 Å². The second-order valence-electron chi connectivity index (χ2n) is 5.18. The van der Waals surface area contributed by atoms with Crippen molar-refractivity contribution in [1.29, 1.82) is 0 Å². The summed E-state index contributed by atoms with van der Waals surface area (Å²) in [6, 6.07) is 10.1. The highest BCUT2D eigenvalue weighted by Gasteiger charge is 2.23. The first-order valence-corrected chi connectivity index (χ1v) is 8.64. The molecule has 7 heteroatoms. The van der Waals surface area contributed by atoms with Gasteiger partial charge in [0.15, 0.2) is 5.76 Å². The summed E-state index contributed by atoms with van der Waals surface area (Å²) in [5, 5.41) is 2.57. The number of fused-ring (bicyclic) bond motifs is 1. The molecule has 1 atom stereocenters. The second-order valence-corrected chi connectivity index (χ2v) is 7.13. The molecule has 6 nitrogen and oxygen atoms in total. The van der Waals surface area contributed by atoms with Gasteiger partial charge in [-0.3, -0.25) is 4.79 Å². The maximum absolute atomic E-state index is 12.1. The van der Waals surface area contributed by atoms with Gasteiger partial charge in [0.25, 0.3) is 5.91 Å². The van der Waals surface area contributed by atoms with Crippen LogP contribution in [0.5, 0.6) is 5.75 Å². The van der Waals surface area contributed by atoms with Crippen LogP contribution in [0, 0.1) is 0 Å². The van der Waals surface area contributed by atoms with Crippen LogP contribution in [0.2, 0.25) is 0 Å². The molecule has 2 heterocycles. The predicted octanol–water partition coefficient (Wildman–Crippen LogP) is 1.42. The molecular weight excluding hydrogens is 306 g/mol. The summed E-state index contributed by atoms with van der Waals surface area (Å²) in [6.07, 6.45) is 1.68. The highest BCUT2D eigenvalue weighted by molar-refractivity contribution is 7.90. The number of carbonyl (C=O) groups excluding carboxylic acids is 1. The molecule has 1 amide bonds. The summed E-state index contributed by atoms with van der Waals surface area (Å²) in [5.41, 5.74) is 1.02. The second kappa shape index (κ2) is 5.49. The van der Waals surface area contributed by atoms with Crippen LogP contribution in [0.1, 0.15) is 16.1 Å². The first kappa shape index (κ1) is 14.6. The van der Waals surface area contributed by atoms with E-state index < -0.39 is 15.7 Å². The molecule has 0 fully saturated rings. The van der Waals surface area contributed by atoms with Gasteiger partial charge in [0, 0.05) is 6.26 Å². The number of benzene rings is 1. The molecule has 0 bridgehead atoms. The van der Waals surface area contributed by atoms with Gasteiger partial charge < -0.3 is 14.5 Å². The number of furan rings is 1. The molecular formula is C15H15NO5S. The summed E-state index contributed by atoms with van der Waals surface area (Å²) in [7, 11) is -3.46. The van der Waals surface area contributed by atoms with Gasteiger partial charge in [-0.25, -0.2) is 8.42 Å². The molecule has 3 rings (SSSR count). The summed E-state index contributed by atoms with van der Waals surface area (Å²) in [5.74, 6) is 0.340. The fourth-order valence-electron chi connectivity index (χ4n) is 2.32. The van der Waals surface area contributed by atoms with E-state index >= 15 is 0 Å². The third-order valence-corrected chi connectivity index (χ3v) is 4.34. The number of hydrogen-bond acceptors (Lipinski definition) is 5. The van der Waals surface area contributed by atoms with Crippen molar-refractivity contribution in [2.45, 2.75) is 17.6 Å². The molecule has 1 N–H and O–H groups in total. The molecule has 1 unspecified atom stereocenters. The Morgan fingerprint density at radius 1 is 1.23 bits per heavy atom. The van der Waals surface area contributed by atoms with Gasteiger partial charge >= 0.3 is 0 Å². The van der Waals surface area contributed by atoms with E-state index in [2.05, 4.69) is 5.32 Å². The largest absolute Gasteiger partial charge is 0.491 e. The average Bonchev–Trinajstić information content (AvgIpc) is 2.97. The highest BCUT2D eigenvalue weighted by Crippen LogP contribution is 2.24. The minimum Gasteiger partial charge on any atom is -0.491 e. The highest BCUT2D eigenvalue weighted by atomic mass is 32.2. The van der Waals surface area contributed by atoms with Crippen LogP contribution < -0.4 is 10.1 Å². The van der Waals surface area contributed by atoms with E-state index in [4.69, 9.17) is 9.15 Å². The third-order valence-electron chi connectivity index (χ3n) is 3.38. The summed E-state index contributed by atoms with van der Waals surface area (Å²) < 4.78 is 33.4. The molecule has 0 aliphatic carbocycles. The quantitative estimate of drug-likeness (QED) is 0.924. The first-order valence-electron chi connectivity index (χ1n) is 6.75. The van der Waals surface area contributed by atoms with E-state index in [-0.39, 0.29) is 16.9 Å². The zero-order chi connectivity index (χ0) is 15.7. The molecule has 0 radical (unpaired) electrons. The Kier molecular flexibility index (Phi) is 3.66. The number of rotatable bonds is 3. The molecule has 0 spiro atoms. The summed E-state index contributed by atoms with van der Waals surface area (Å²) >= 11 is 0. The lowest BCUT2D eigenvalue weighted by Crippen LogP contribution is -2.42. The number of sulfone groups is 1. The predicted molar refractivity (Wildman–Crippen MR) is 78.7 cm³/mol. The summed E-state index contributed by atoms with van der Waals surface area (Å²) in [6.45, 7) is 0.363. The normalized spacial score (nSPS) is 17.4. The monoisotopic (exact) mass is 321 g/mol. The van der Waals surface area contributed by atoms with Crippen LogP contribution in [-0.4, -0.2) is 33.2 Å². The molecule has 2 aromatic rings. The minimum atomic E-state index is -3.46. The van der Waals surface area contributed by atoms with Crippen molar-refractivity contribution in [2.24, 2.45) is 0 Å². The van der Waals surface area contributed by atoms with Gasteiger partial charge in [-0.1, -0.05) is 18.2 Å². The van der Waals surface area contributed by atoms with E-state index in [0.717, 1.165) is 17.6 Å². The topological polar surface area (TPSA) is 85.6 Å². The van der Waals surface area contributed by atoms with Crippen molar-refractivity contribution in [3.05, 3.63) is 47.7 Å². The minimum absolute atomic E-state index is 0.0284.